The lowest BCUT2D eigenvalue weighted by atomic mass is 10.0. The Kier molecular flexibility index (Phi) is 7.43. The maximum atomic E-state index is 12.4. The van der Waals surface area contributed by atoms with Crippen molar-refractivity contribution in [2.24, 2.45) is 0 Å². The second kappa shape index (κ2) is 10.0. The fraction of sp³-hybridized carbons (Fsp3) is 0.238. The predicted octanol–water partition coefficient (Wildman–Crippen LogP) is 3.90. The highest BCUT2D eigenvalue weighted by atomic mass is 16.5. The minimum atomic E-state index is -0.350. The number of phenols is 1. The molecule has 0 spiro atoms. The fourth-order valence-corrected chi connectivity index (χ4v) is 2.29. The lowest BCUT2D eigenvalue weighted by molar-refractivity contribution is -0.137. The Morgan fingerprint density at radius 2 is 1.77 bits per heavy atom. The summed E-state index contributed by atoms with van der Waals surface area (Å²) in [4.78, 5) is 23.5. The number of rotatable bonds is 9. The number of carbonyl (C=O) groups excluding carboxylic acids is 2. The number of hydrogen-bond donors (Lipinski definition) is 1. The van der Waals surface area contributed by atoms with E-state index in [1.807, 2.05) is 6.07 Å². The van der Waals surface area contributed by atoms with E-state index < -0.39 is 0 Å². The van der Waals surface area contributed by atoms with Gasteiger partial charge in [-0.25, -0.2) is 4.79 Å². The molecule has 0 saturated carbocycles. The lowest BCUT2D eigenvalue weighted by Gasteiger charge is -2.09. The van der Waals surface area contributed by atoms with Crippen molar-refractivity contribution in [3.63, 3.8) is 0 Å². The summed E-state index contributed by atoms with van der Waals surface area (Å²) in [5.74, 6) is -0.218. The molecule has 0 saturated heterocycles. The van der Waals surface area contributed by atoms with Crippen molar-refractivity contribution in [3.8, 4) is 11.5 Å². The molecule has 0 unspecified atom stereocenters. The Bertz CT molecular complexity index is 765. The average molecular weight is 354 g/mol. The van der Waals surface area contributed by atoms with Crippen molar-refractivity contribution >= 4 is 11.8 Å². The zero-order valence-corrected chi connectivity index (χ0v) is 14.7. The molecule has 26 heavy (non-hydrogen) atoms. The van der Waals surface area contributed by atoms with Gasteiger partial charge in [-0.2, -0.15) is 0 Å². The van der Waals surface area contributed by atoms with Crippen LogP contribution in [0.25, 0.3) is 0 Å². The Morgan fingerprint density at radius 3 is 2.46 bits per heavy atom. The van der Waals surface area contributed by atoms with Gasteiger partial charge in [-0.1, -0.05) is 36.4 Å². The number of esters is 1. The molecule has 2 aromatic rings. The minimum absolute atomic E-state index is 0.114. The standard InChI is InChI=1S/C21H22O5/c1-2-8-20(23)26-14-7-6-13-25-17-11-12-18(19(22)15-17)21(24)16-9-4-3-5-10-16/h2-5,8-12,15,22H,6-7,13-14H2,1H3. The zero-order chi connectivity index (χ0) is 18.8. The molecule has 0 aromatic heterocycles. The zero-order valence-electron chi connectivity index (χ0n) is 14.7. The normalized spacial score (nSPS) is 10.7. The van der Waals surface area contributed by atoms with Crippen LogP contribution < -0.4 is 4.74 Å². The van der Waals surface area contributed by atoms with Crippen LogP contribution in [0.15, 0.2) is 60.7 Å². The van der Waals surface area contributed by atoms with Gasteiger partial charge >= 0.3 is 5.97 Å². The summed E-state index contributed by atoms with van der Waals surface area (Å²) >= 11 is 0. The van der Waals surface area contributed by atoms with Gasteiger partial charge in [0.05, 0.1) is 18.8 Å². The summed E-state index contributed by atoms with van der Waals surface area (Å²) < 4.78 is 10.5. The first-order valence-corrected chi connectivity index (χ1v) is 8.47. The third-order valence-corrected chi connectivity index (χ3v) is 3.60. The van der Waals surface area contributed by atoms with Crippen LogP contribution in [0.3, 0.4) is 0 Å². The van der Waals surface area contributed by atoms with E-state index in [0.29, 0.717) is 37.4 Å². The van der Waals surface area contributed by atoms with E-state index in [-0.39, 0.29) is 23.1 Å². The lowest BCUT2D eigenvalue weighted by Crippen LogP contribution is -2.05. The molecule has 0 heterocycles. The van der Waals surface area contributed by atoms with Crippen LogP contribution in [0.5, 0.6) is 11.5 Å². The SMILES string of the molecule is CC=CC(=O)OCCCCOc1ccc(C(=O)c2ccccc2)c(O)c1. The molecule has 0 bridgehead atoms. The molecule has 5 nitrogen and oxygen atoms in total. The molecule has 0 radical (unpaired) electrons. The molecule has 0 amide bonds. The minimum Gasteiger partial charge on any atom is -0.507 e. The molecule has 136 valence electrons. The van der Waals surface area contributed by atoms with Gasteiger partial charge in [-0.15, -0.1) is 0 Å². The first-order valence-electron chi connectivity index (χ1n) is 8.47. The Balaban J connectivity index is 1.80. The second-order valence-electron chi connectivity index (χ2n) is 5.60. The molecule has 0 aliphatic rings. The van der Waals surface area contributed by atoms with E-state index in [0.717, 1.165) is 0 Å². The molecule has 5 heteroatoms. The number of allylic oxidation sites excluding steroid dienone is 1. The second-order valence-corrected chi connectivity index (χ2v) is 5.60. The first kappa shape index (κ1) is 19.2. The van der Waals surface area contributed by atoms with E-state index >= 15 is 0 Å². The monoisotopic (exact) mass is 354 g/mol. The Labute approximate surface area is 152 Å². The van der Waals surface area contributed by atoms with Crippen molar-refractivity contribution in [3.05, 3.63) is 71.8 Å². The highest BCUT2D eigenvalue weighted by Crippen LogP contribution is 2.26. The van der Waals surface area contributed by atoms with Gasteiger partial charge in [-0.05, 0) is 31.9 Å². The van der Waals surface area contributed by atoms with E-state index in [2.05, 4.69) is 0 Å². The number of unbranched alkanes of at least 4 members (excludes halogenated alkanes) is 1. The van der Waals surface area contributed by atoms with Gasteiger partial charge in [0.25, 0.3) is 0 Å². The average Bonchev–Trinajstić information content (AvgIpc) is 2.65. The van der Waals surface area contributed by atoms with Gasteiger partial charge in [0.15, 0.2) is 5.78 Å². The molecular weight excluding hydrogens is 332 g/mol. The molecule has 0 aliphatic heterocycles. The predicted molar refractivity (Wildman–Crippen MR) is 98.5 cm³/mol. The van der Waals surface area contributed by atoms with E-state index in [1.54, 1.807) is 49.4 Å². The molecule has 2 aromatic carbocycles. The number of ether oxygens (including phenoxy) is 2. The number of benzene rings is 2. The van der Waals surface area contributed by atoms with Crippen LogP contribution in [0.2, 0.25) is 0 Å². The van der Waals surface area contributed by atoms with Gasteiger partial charge in [0, 0.05) is 17.7 Å². The van der Waals surface area contributed by atoms with Crippen LogP contribution in [0.1, 0.15) is 35.7 Å². The van der Waals surface area contributed by atoms with Crippen LogP contribution >= 0.6 is 0 Å². The quantitative estimate of drug-likeness (QED) is 0.320. The largest absolute Gasteiger partial charge is 0.507 e. The molecule has 1 N–H and O–H groups in total. The summed E-state index contributed by atoms with van der Waals surface area (Å²) in [7, 11) is 0. The van der Waals surface area contributed by atoms with Crippen LogP contribution in [-0.4, -0.2) is 30.1 Å². The van der Waals surface area contributed by atoms with Crippen LogP contribution in [0, 0.1) is 0 Å². The number of ketones is 1. The molecular formula is C21H22O5. The van der Waals surface area contributed by atoms with Gasteiger partial charge in [0.2, 0.25) is 0 Å². The van der Waals surface area contributed by atoms with Crippen molar-refractivity contribution in [1.29, 1.82) is 0 Å². The van der Waals surface area contributed by atoms with Crippen LogP contribution in [-0.2, 0) is 9.53 Å². The molecule has 0 atom stereocenters. The van der Waals surface area contributed by atoms with Crippen molar-refractivity contribution < 1.29 is 24.2 Å². The third-order valence-electron chi connectivity index (χ3n) is 3.60. The van der Waals surface area contributed by atoms with Gasteiger partial charge < -0.3 is 14.6 Å². The third kappa shape index (κ3) is 5.77. The van der Waals surface area contributed by atoms with Gasteiger partial charge in [0.1, 0.15) is 11.5 Å². The smallest absolute Gasteiger partial charge is 0.330 e. The summed E-state index contributed by atoms with van der Waals surface area (Å²) in [6, 6.07) is 13.4. The summed E-state index contributed by atoms with van der Waals surface area (Å²) in [5, 5.41) is 10.1. The van der Waals surface area contributed by atoms with E-state index in [9.17, 15) is 14.7 Å². The summed E-state index contributed by atoms with van der Waals surface area (Å²) in [6.07, 6.45) is 4.39. The van der Waals surface area contributed by atoms with E-state index in [4.69, 9.17) is 9.47 Å². The summed E-state index contributed by atoms with van der Waals surface area (Å²) in [5.41, 5.74) is 0.753. The number of phenolic OH excluding ortho intramolecular Hbond substituents is 1. The number of carbonyl (C=O) groups is 2. The van der Waals surface area contributed by atoms with Crippen molar-refractivity contribution in [2.75, 3.05) is 13.2 Å². The van der Waals surface area contributed by atoms with Crippen molar-refractivity contribution in [1.82, 2.24) is 0 Å². The molecule has 2 rings (SSSR count). The topological polar surface area (TPSA) is 72.8 Å². The highest BCUT2D eigenvalue weighted by Gasteiger charge is 2.13. The maximum absolute atomic E-state index is 12.4. The van der Waals surface area contributed by atoms with E-state index in [1.165, 1.54) is 12.1 Å². The number of aromatic hydroxyl groups is 1. The van der Waals surface area contributed by atoms with Gasteiger partial charge in [-0.3, -0.25) is 4.79 Å². The number of hydrogen-bond acceptors (Lipinski definition) is 5. The Hall–Kier alpha value is -3.08. The van der Waals surface area contributed by atoms with Crippen molar-refractivity contribution in [2.45, 2.75) is 19.8 Å². The fourth-order valence-electron chi connectivity index (χ4n) is 2.29. The Morgan fingerprint density at radius 1 is 1.04 bits per heavy atom. The molecule has 0 fully saturated rings. The highest BCUT2D eigenvalue weighted by molar-refractivity contribution is 6.10. The molecule has 0 aliphatic carbocycles. The first-order chi connectivity index (χ1) is 12.6. The summed E-state index contributed by atoms with van der Waals surface area (Å²) in [6.45, 7) is 2.51. The van der Waals surface area contributed by atoms with Crippen LogP contribution in [0.4, 0.5) is 0 Å². The maximum Gasteiger partial charge on any atom is 0.330 e.